The summed E-state index contributed by atoms with van der Waals surface area (Å²) in [6.45, 7) is 3.78. The monoisotopic (exact) mass is 223 g/mol. The number of carbonyl (C=O) groups excluding carboxylic acids is 1. The van der Waals surface area contributed by atoms with Gasteiger partial charge in [-0.15, -0.1) is 0 Å². The van der Waals surface area contributed by atoms with E-state index in [1.165, 1.54) is 6.07 Å². The summed E-state index contributed by atoms with van der Waals surface area (Å²) in [7, 11) is 0. The van der Waals surface area contributed by atoms with E-state index in [1.807, 2.05) is 6.07 Å². The average Bonchev–Trinajstić information content (AvgIpc) is 2.17. The molecule has 0 spiro atoms. The average molecular weight is 224 g/mol. The second-order valence-electron chi connectivity index (χ2n) is 2.98. The van der Waals surface area contributed by atoms with E-state index in [0.29, 0.717) is 23.3 Å². The van der Waals surface area contributed by atoms with Crippen LogP contribution < -0.4 is 0 Å². The molecule has 0 aromatic heterocycles. The topological polar surface area (TPSA) is 50.1 Å². The van der Waals surface area contributed by atoms with E-state index >= 15 is 0 Å². The summed E-state index contributed by atoms with van der Waals surface area (Å²) < 4.78 is 4.83. The predicted molar refractivity (Wildman–Crippen MR) is 56.9 cm³/mol. The minimum absolute atomic E-state index is 0.278. The molecule has 0 aliphatic heterocycles. The Morgan fingerprint density at radius 2 is 2.27 bits per heavy atom. The first kappa shape index (κ1) is 11.5. The molecular weight excluding hydrogens is 214 g/mol. The fraction of sp³-hybridized carbons (Fsp3) is 0.273. The standard InChI is InChI=1S/C11H10ClNO2/c1-3-15-11(14)8-4-7(2)9(6-13)10(12)5-8/h4-5H,3H2,1-2H3. The molecule has 0 heterocycles. The van der Waals surface area contributed by atoms with E-state index in [4.69, 9.17) is 21.6 Å². The van der Waals surface area contributed by atoms with E-state index in [1.54, 1.807) is 19.9 Å². The van der Waals surface area contributed by atoms with E-state index in [-0.39, 0.29) is 5.02 Å². The summed E-state index contributed by atoms with van der Waals surface area (Å²) in [5.41, 5.74) is 1.44. The minimum Gasteiger partial charge on any atom is -0.462 e. The fourth-order valence-corrected chi connectivity index (χ4v) is 1.53. The third kappa shape index (κ3) is 2.48. The highest BCUT2D eigenvalue weighted by Crippen LogP contribution is 2.21. The largest absolute Gasteiger partial charge is 0.462 e. The highest BCUT2D eigenvalue weighted by molar-refractivity contribution is 6.32. The van der Waals surface area contributed by atoms with E-state index < -0.39 is 5.97 Å². The molecule has 4 heteroatoms. The van der Waals surface area contributed by atoms with Crippen LogP contribution in [0.3, 0.4) is 0 Å². The molecule has 78 valence electrons. The van der Waals surface area contributed by atoms with E-state index in [2.05, 4.69) is 0 Å². The van der Waals surface area contributed by atoms with Crippen molar-refractivity contribution in [2.24, 2.45) is 0 Å². The molecule has 15 heavy (non-hydrogen) atoms. The highest BCUT2D eigenvalue weighted by Gasteiger charge is 2.11. The Balaban J connectivity index is 3.15. The zero-order valence-corrected chi connectivity index (χ0v) is 9.26. The first-order valence-corrected chi connectivity index (χ1v) is 4.85. The Morgan fingerprint density at radius 1 is 1.60 bits per heavy atom. The number of aryl methyl sites for hydroxylation is 1. The molecule has 1 aromatic rings. The summed E-state index contributed by atoms with van der Waals surface area (Å²) in [4.78, 5) is 11.4. The normalized spacial score (nSPS) is 9.47. The number of hydrogen-bond acceptors (Lipinski definition) is 3. The molecule has 0 aliphatic rings. The van der Waals surface area contributed by atoms with Gasteiger partial charge < -0.3 is 4.74 Å². The van der Waals surface area contributed by atoms with Gasteiger partial charge in [-0.05, 0) is 31.5 Å². The molecule has 0 radical (unpaired) electrons. The SMILES string of the molecule is CCOC(=O)c1cc(C)c(C#N)c(Cl)c1. The van der Waals surface area contributed by atoms with Crippen LogP contribution in [-0.2, 0) is 4.74 Å². The summed E-state index contributed by atoms with van der Waals surface area (Å²) in [5, 5.41) is 9.06. The Labute approximate surface area is 93.2 Å². The summed E-state index contributed by atoms with van der Waals surface area (Å²) in [5.74, 6) is -0.424. The maximum absolute atomic E-state index is 11.4. The van der Waals surface area contributed by atoms with Gasteiger partial charge in [0, 0.05) is 0 Å². The van der Waals surface area contributed by atoms with Crippen molar-refractivity contribution in [1.29, 1.82) is 5.26 Å². The van der Waals surface area contributed by atoms with Crippen molar-refractivity contribution in [3.63, 3.8) is 0 Å². The minimum atomic E-state index is -0.424. The van der Waals surface area contributed by atoms with Gasteiger partial charge in [-0.1, -0.05) is 11.6 Å². The first-order valence-electron chi connectivity index (χ1n) is 4.47. The quantitative estimate of drug-likeness (QED) is 0.725. The van der Waals surface area contributed by atoms with Crippen LogP contribution in [0, 0.1) is 18.3 Å². The lowest BCUT2D eigenvalue weighted by molar-refractivity contribution is 0.0526. The van der Waals surface area contributed by atoms with Gasteiger partial charge in [-0.25, -0.2) is 4.79 Å². The smallest absolute Gasteiger partial charge is 0.338 e. The Kier molecular flexibility index (Phi) is 3.70. The lowest BCUT2D eigenvalue weighted by Gasteiger charge is -2.05. The highest BCUT2D eigenvalue weighted by atomic mass is 35.5. The lowest BCUT2D eigenvalue weighted by atomic mass is 10.1. The molecule has 3 nitrogen and oxygen atoms in total. The van der Waals surface area contributed by atoms with Crippen LogP contribution in [0.2, 0.25) is 5.02 Å². The van der Waals surface area contributed by atoms with Crippen molar-refractivity contribution in [2.45, 2.75) is 13.8 Å². The third-order valence-electron chi connectivity index (χ3n) is 1.91. The molecular formula is C11H10ClNO2. The zero-order valence-electron chi connectivity index (χ0n) is 8.50. The number of carbonyl (C=O) groups is 1. The van der Waals surface area contributed by atoms with E-state index in [9.17, 15) is 4.79 Å². The van der Waals surface area contributed by atoms with Crippen LogP contribution >= 0.6 is 11.6 Å². The number of nitrogens with zero attached hydrogens (tertiary/aromatic N) is 1. The van der Waals surface area contributed by atoms with Crippen LogP contribution in [0.1, 0.15) is 28.4 Å². The van der Waals surface area contributed by atoms with Crippen LogP contribution in [0.15, 0.2) is 12.1 Å². The maximum atomic E-state index is 11.4. The van der Waals surface area contributed by atoms with Gasteiger partial charge >= 0.3 is 5.97 Å². The molecule has 0 unspecified atom stereocenters. The summed E-state index contributed by atoms with van der Waals surface area (Å²) >= 11 is 5.85. The molecule has 0 fully saturated rings. The molecule has 0 saturated carbocycles. The van der Waals surface area contributed by atoms with Crippen molar-refractivity contribution < 1.29 is 9.53 Å². The molecule has 0 bridgehead atoms. The number of ether oxygens (including phenoxy) is 1. The molecule has 0 amide bonds. The zero-order chi connectivity index (χ0) is 11.4. The van der Waals surface area contributed by atoms with Gasteiger partial charge in [0.1, 0.15) is 6.07 Å². The van der Waals surface area contributed by atoms with Gasteiger partial charge in [0.05, 0.1) is 22.8 Å². The van der Waals surface area contributed by atoms with Crippen LogP contribution in [0.4, 0.5) is 0 Å². The van der Waals surface area contributed by atoms with Gasteiger partial charge in [-0.2, -0.15) is 5.26 Å². The maximum Gasteiger partial charge on any atom is 0.338 e. The lowest BCUT2D eigenvalue weighted by Crippen LogP contribution is -2.05. The summed E-state index contributed by atoms with van der Waals surface area (Å²) in [6.07, 6.45) is 0. The van der Waals surface area contributed by atoms with Crippen molar-refractivity contribution >= 4 is 17.6 Å². The fourth-order valence-electron chi connectivity index (χ4n) is 1.22. The van der Waals surface area contributed by atoms with Crippen molar-refractivity contribution in [3.05, 3.63) is 33.8 Å². The number of halogens is 1. The van der Waals surface area contributed by atoms with Crippen LogP contribution in [0.5, 0.6) is 0 Å². The molecule has 1 rings (SSSR count). The van der Waals surface area contributed by atoms with Crippen LogP contribution in [0.25, 0.3) is 0 Å². The number of esters is 1. The second-order valence-corrected chi connectivity index (χ2v) is 3.39. The third-order valence-corrected chi connectivity index (χ3v) is 2.21. The van der Waals surface area contributed by atoms with Crippen molar-refractivity contribution in [2.75, 3.05) is 6.61 Å². The van der Waals surface area contributed by atoms with E-state index in [0.717, 1.165) is 0 Å². The molecule has 1 aromatic carbocycles. The molecule has 0 aliphatic carbocycles. The Hall–Kier alpha value is -1.53. The van der Waals surface area contributed by atoms with Crippen molar-refractivity contribution in [1.82, 2.24) is 0 Å². The Morgan fingerprint density at radius 3 is 2.73 bits per heavy atom. The second kappa shape index (κ2) is 4.81. The number of nitriles is 1. The van der Waals surface area contributed by atoms with Gasteiger partial charge in [-0.3, -0.25) is 0 Å². The molecule has 0 atom stereocenters. The summed E-state index contributed by atoms with van der Waals surface area (Å²) in [6, 6.07) is 5.03. The van der Waals surface area contributed by atoms with Gasteiger partial charge in [0.15, 0.2) is 0 Å². The van der Waals surface area contributed by atoms with Crippen molar-refractivity contribution in [3.8, 4) is 6.07 Å². The van der Waals surface area contributed by atoms with Gasteiger partial charge in [0.2, 0.25) is 0 Å². The number of hydrogen-bond donors (Lipinski definition) is 0. The molecule has 0 saturated heterocycles. The van der Waals surface area contributed by atoms with Crippen LogP contribution in [-0.4, -0.2) is 12.6 Å². The predicted octanol–water partition coefficient (Wildman–Crippen LogP) is 2.70. The Bertz CT molecular complexity index is 412. The number of benzene rings is 1. The van der Waals surface area contributed by atoms with Gasteiger partial charge in [0.25, 0.3) is 0 Å². The molecule has 0 N–H and O–H groups in total. The number of rotatable bonds is 2. The first-order chi connectivity index (χ1) is 7.10.